The van der Waals surface area contributed by atoms with Crippen molar-refractivity contribution in [3.8, 4) is 10.4 Å². The molecule has 0 saturated carbocycles. The van der Waals surface area contributed by atoms with Gasteiger partial charge in [0.2, 0.25) is 0 Å². The first-order valence-corrected chi connectivity index (χ1v) is 10.4. The standard InChI is InChI=1S/C23H26N2O2S/c1-23(2)9-8-19-18(12-23)20(22(26)27)21(28-19)15-10-14-6-4-5-7-17(14)16(11-15)13-25(3)24/h4-7,10-11H,8-9,12-13,24H2,1-3H3,(H,26,27). The van der Waals surface area contributed by atoms with E-state index in [9.17, 15) is 9.90 Å². The Morgan fingerprint density at radius 3 is 2.75 bits per heavy atom. The smallest absolute Gasteiger partial charge is 0.337 e. The molecular formula is C23H26N2O2S. The molecule has 3 aromatic rings. The zero-order valence-corrected chi connectivity index (χ0v) is 17.4. The molecule has 4 rings (SSSR count). The number of nitrogens with two attached hydrogens (primary N) is 1. The van der Waals surface area contributed by atoms with Crippen LogP contribution in [0.5, 0.6) is 0 Å². The fraction of sp³-hybridized carbons (Fsp3) is 0.348. The first-order valence-electron chi connectivity index (χ1n) is 9.61. The van der Waals surface area contributed by atoms with E-state index in [1.54, 1.807) is 16.3 Å². The highest BCUT2D eigenvalue weighted by Crippen LogP contribution is 2.45. The number of hydrogen-bond acceptors (Lipinski definition) is 4. The van der Waals surface area contributed by atoms with Gasteiger partial charge in [0.25, 0.3) is 0 Å². The van der Waals surface area contributed by atoms with E-state index < -0.39 is 5.97 Å². The number of carboxylic acids is 1. The topological polar surface area (TPSA) is 66.6 Å². The van der Waals surface area contributed by atoms with Gasteiger partial charge in [-0.2, -0.15) is 0 Å². The predicted molar refractivity (Wildman–Crippen MR) is 116 cm³/mol. The molecule has 0 amide bonds. The van der Waals surface area contributed by atoms with Gasteiger partial charge in [0, 0.05) is 23.3 Å². The van der Waals surface area contributed by atoms with Gasteiger partial charge >= 0.3 is 5.97 Å². The minimum Gasteiger partial charge on any atom is -0.478 e. The fourth-order valence-corrected chi connectivity index (χ4v) is 5.57. The SMILES string of the molecule is CN(N)Cc1cc(-c2sc3c(c2C(=O)O)CC(C)(C)CC3)cc2ccccc12. The third kappa shape index (κ3) is 3.46. The normalized spacial score (nSPS) is 15.8. The molecule has 0 saturated heterocycles. The van der Waals surface area contributed by atoms with E-state index in [2.05, 4.69) is 38.1 Å². The maximum absolute atomic E-state index is 12.2. The summed E-state index contributed by atoms with van der Waals surface area (Å²) in [4.78, 5) is 14.4. The number of thiophene rings is 1. The van der Waals surface area contributed by atoms with Gasteiger partial charge in [-0.15, -0.1) is 11.3 Å². The number of aromatic carboxylic acids is 1. The van der Waals surface area contributed by atoms with Crippen LogP contribution in [0.2, 0.25) is 0 Å². The first-order chi connectivity index (χ1) is 13.2. The zero-order valence-electron chi connectivity index (χ0n) is 16.6. The van der Waals surface area contributed by atoms with E-state index in [0.717, 1.165) is 51.6 Å². The molecule has 0 atom stereocenters. The number of aryl methyl sites for hydroxylation is 1. The summed E-state index contributed by atoms with van der Waals surface area (Å²) < 4.78 is 0. The molecule has 1 aliphatic carbocycles. The Kier molecular flexibility index (Phi) is 4.78. The van der Waals surface area contributed by atoms with Crippen LogP contribution in [0.15, 0.2) is 36.4 Å². The number of carboxylic acid groups (broad SMARTS) is 1. The third-order valence-corrected chi connectivity index (χ3v) is 6.96. The highest BCUT2D eigenvalue weighted by molar-refractivity contribution is 7.16. The number of benzene rings is 2. The van der Waals surface area contributed by atoms with Gasteiger partial charge in [-0.05, 0) is 64.3 Å². The van der Waals surface area contributed by atoms with E-state index in [1.807, 2.05) is 19.2 Å². The van der Waals surface area contributed by atoms with Gasteiger partial charge < -0.3 is 5.11 Å². The monoisotopic (exact) mass is 394 g/mol. The lowest BCUT2D eigenvalue weighted by Gasteiger charge is -2.29. The molecule has 0 aliphatic heterocycles. The zero-order chi connectivity index (χ0) is 20.1. The minimum atomic E-state index is -0.823. The van der Waals surface area contributed by atoms with Crippen molar-refractivity contribution >= 4 is 28.1 Å². The maximum atomic E-state index is 12.2. The summed E-state index contributed by atoms with van der Waals surface area (Å²) in [6.07, 6.45) is 2.88. The Morgan fingerprint density at radius 1 is 1.29 bits per heavy atom. The van der Waals surface area contributed by atoms with Crippen LogP contribution >= 0.6 is 11.3 Å². The Balaban J connectivity index is 1.93. The van der Waals surface area contributed by atoms with Crippen LogP contribution in [-0.2, 0) is 19.4 Å². The van der Waals surface area contributed by atoms with Crippen LogP contribution in [0.3, 0.4) is 0 Å². The third-order valence-electron chi connectivity index (χ3n) is 5.62. The number of hydrazine groups is 1. The van der Waals surface area contributed by atoms with Crippen LogP contribution < -0.4 is 5.84 Å². The summed E-state index contributed by atoms with van der Waals surface area (Å²) in [5, 5.41) is 14.0. The van der Waals surface area contributed by atoms with Crippen molar-refractivity contribution < 1.29 is 9.90 Å². The highest BCUT2D eigenvalue weighted by atomic mass is 32.1. The molecule has 1 aliphatic rings. The van der Waals surface area contributed by atoms with E-state index in [1.165, 1.54) is 4.88 Å². The van der Waals surface area contributed by atoms with Gasteiger partial charge in [0.15, 0.2) is 0 Å². The number of fused-ring (bicyclic) bond motifs is 2. The fourth-order valence-electron chi connectivity index (χ4n) is 4.27. The summed E-state index contributed by atoms with van der Waals surface area (Å²) in [5.41, 5.74) is 3.77. The average Bonchev–Trinajstić information content (AvgIpc) is 2.98. The van der Waals surface area contributed by atoms with Crippen LogP contribution in [0.25, 0.3) is 21.2 Å². The van der Waals surface area contributed by atoms with E-state index in [-0.39, 0.29) is 5.41 Å². The van der Waals surface area contributed by atoms with Gasteiger partial charge in [0.1, 0.15) is 0 Å². The second-order valence-corrected chi connectivity index (χ2v) is 9.73. The number of rotatable bonds is 4. The van der Waals surface area contributed by atoms with Crippen molar-refractivity contribution in [2.24, 2.45) is 11.3 Å². The Labute approximate surface area is 169 Å². The Morgan fingerprint density at radius 2 is 2.04 bits per heavy atom. The molecular weight excluding hydrogens is 368 g/mol. The summed E-state index contributed by atoms with van der Waals surface area (Å²) in [6, 6.07) is 12.4. The molecule has 4 nitrogen and oxygen atoms in total. The van der Waals surface area contributed by atoms with Crippen LogP contribution in [0, 0.1) is 5.41 Å². The molecule has 146 valence electrons. The summed E-state index contributed by atoms with van der Waals surface area (Å²) in [6.45, 7) is 5.06. The van der Waals surface area contributed by atoms with E-state index >= 15 is 0 Å². The molecule has 2 aromatic carbocycles. The molecule has 0 radical (unpaired) electrons. The van der Waals surface area contributed by atoms with Gasteiger partial charge in [-0.1, -0.05) is 38.1 Å². The van der Waals surface area contributed by atoms with Crippen LogP contribution in [-0.4, -0.2) is 23.1 Å². The molecule has 0 fully saturated rings. The largest absolute Gasteiger partial charge is 0.478 e. The first kappa shape index (κ1) is 19.1. The molecule has 0 bridgehead atoms. The van der Waals surface area contributed by atoms with Gasteiger partial charge in [-0.25, -0.2) is 9.80 Å². The van der Waals surface area contributed by atoms with E-state index in [0.29, 0.717) is 12.1 Å². The lowest BCUT2D eigenvalue weighted by atomic mass is 9.76. The summed E-state index contributed by atoms with van der Waals surface area (Å²) in [5.74, 6) is 5.11. The Bertz CT molecular complexity index is 1070. The van der Waals surface area contributed by atoms with Crippen molar-refractivity contribution in [1.82, 2.24) is 5.01 Å². The number of carbonyl (C=O) groups is 1. The van der Waals surface area contributed by atoms with Gasteiger partial charge in [-0.3, -0.25) is 5.84 Å². The van der Waals surface area contributed by atoms with Crippen molar-refractivity contribution in [1.29, 1.82) is 0 Å². The molecule has 3 N–H and O–H groups in total. The quantitative estimate of drug-likeness (QED) is 0.478. The van der Waals surface area contributed by atoms with Crippen LogP contribution in [0.1, 0.15) is 46.6 Å². The second-order valence-electron chi connectivity index (χ2n) is 8.63. The van der Waals surface area contributed by atoms with Crippen molar-refractivity contribution in [2.75, 3.05) is 7.05 Å². The molecule has 0 unspecified atom stereocenters. The molecule has 28 heavy (non-hydrogen) atoms. The summed E-state index contributed by atoms with van der Waals surface area (Å²) in [7, 11) is 1.84. The van der Waals surface area contributed by atoms with E-state index in [4.69, 9.17) is 5.84 Å². The molecule has 5 heteroatoms. The maximum Gasteiger partial charge on any atom is 0.337 e. The van der Waals surface area contributed by atoms with Crippen LogP contribution in [0.4, 0.5) is 0 Å². The number of nitrogens with zero attached hydrogens (tertiary/aromatic N) is 1. The lowest BCUT2D eigenvalue weighted by molar-refractivity contribution is 0.0696. The molecule has 0 spiro atoms. The summed E-state index contributed by atoms with van der Waals surface area (Å²) >= 11 is 1.65. The minimum absolute atomic E-state index is 0.145. The van der Waals surface area contributed by atoms with Gasteiger partial charge in [0.05, 0.1) is 5.56 Å². The second kappa shape index (κ2) is 6.99. The predicted octanol–water partition coefficient (Wildman–Crippen LogP) is 5.09. The van der Waals surface area contributed by atoms with Crippen molar-refractivity contribution in [3.05, 3.63) is 58.0 Å². The van der Waals surface area contributed by atoms with Crippen molar-refractivity contribution in [3.63, 3.8) is 0 Å². The highest BCUT2D eigenvalue weighted by Gasteiger charge is 2.33. The molecule has 1 heterocycles. The molecule has 1 aromatic heterocycles. The van der Waals surface area contributed by atoms with Crippen molar-refractivity contribution in [2.45, 2.75) is 39.7 Å². The Hall–Kier alpha value is -2.21. The average molecular weight is 395 g/mol. The number of hydrogen-bond donors (Lipinski definition) is 2. The lowest BCUT2D eigenvalue weighted by Crippen LogP contribution is -2.25.